The fourth-order valence-electron chi connectivity index (χ4n) is 1.74. The third-order valence-corrected chi connectivity index (χ3v) is 3.93. The summed E-state index contributed by atoms with van der Waals surface area (Å²) in [7, 11) is 0. The number of hydrogen-bond donors (Lipinski definition) is 3. The minimum absolute atomic E-state index is 0.172. The van der Waals surface area contributed by atoms with Crippen LogP contribution in [0.5, 0.6) is 5.75 Å². The van der Waals surface area contributed by atoms with E-state index in [1.807, 2.05) is 12.1 Å². The van der Waals surface area contributed by atoms with Gasteiger partial charge in [-0.2, -0.15) is 11.8 Å². The zero-order chi connectivity index (χ0) is 16.7. The zero-order valence-corrected chi connectivity index (χ0v) is 12.9. The molecule has 0 aliphatic heterocycles. The van der Waals surface area contributed by atoms with Crippen LogP contribution in [0.1, 0.15) is 16.2 Å². The minimum Gasteiger partial charge on any atom is -0.505 e. The Kier molecular flexibility index (Phi) is 5.93. The molecule has 0 saturated heterocycles. The summed E-state index contributed by atoms with van der Waals surface area (Å²) in [4.78, 5) is 31.2. The Balaban J connectivity index is 1.92. The number of thioether (sulfide) groups is 1. The van der Waals surface area contributed by atoms with Crippen molar-refractivity contribution >= 4 is 23.6 Å². The highest BCUT2D eigenvalue weighted by molar-refractivity contribution is 7.98. The van der Waals surface area contributed by atoms with Gasteiger partial charge in [0.15, 0.2) is 5.69 Å². The van der Waals surface area contributed by atoms with Crippen LogP contribution in [0.3, 0.4) is 0 Å². The molecule has 1 amide bonds. The number of nitrogens with zero attached hydrogens (tertiary/aromatic N) is 2. The zero-order valence-electron chi connectivity index (χ0n) is 12.0. The number of aromatic nitrogens is 2. The molecule has 0 aliphatic carbocycles. The first kappa shape index (κ1) is 16.8. The maximum absolute atomic E-state index is 12.0. The van der Waals surface area contributed by atoms with Gasteiger partial charge in [0, 0.05) is 23.9 Å². The number of hydrogen-bond acceptors (Lipinski definition) is 6. The van der Waals surface area contributed by atoms with Gasteiger partial charge in [-0.1, -0.05) is 6.07 Å². The molecule has 0 radical (unpaired) electrons. The van der Waals surface area contributed by atoms with E-state index in [0.29, 0.717) is 5.75 Å². The molecule has 2 heterocycles. The largest absolute Gasteiger partial charge is 0.505 e. The second-order valence-corrected chi connectivity index (χ2v) is 5.60. The van der Waals surface area contributed by atoms with E-state index in [1.165, 1.54) is 30.1 Å². The van der Waals surface area contributed by atoms with Crippen LogP contribution in [0.15, 0.2) is 42.7 Å². The molecule has 1 atom stereocenters. The van der Waals surface area contributed by atoms with E-state index in [9.17, 15) is 19.8 Å². The van der Waals surface area contributed by atoms with Crippen molar-refractivity contribution in [3.63, 3.8) is 0 Å². The lowest BCUT2D eigenvalue weighted by atomic mass is 10.2. The van der Waals surface area contributed by atoms with E-state index in [0.717, 1.165) is 5.69 Å². The summed E-state index contributed by atoms with van der Waals surface area (Å²) in [6.07, 6.45) is 3.01. The third-order valence-electron chi connectivity index (χ3n) is 2.87. The van der Waals surface area contributed by atoms with Crippen LogP contribution in [-0.4, -0.2) is 43.9 Å². The van der Waals surface area contributed by atoms with Crippen LogP contribution >= 0.6 is 11.8 Å². The molecule has 0 saturated carbocycles. The smallest absolute Gasteiger partial charge is 0.327 e. The van der Waals surface area contributed by atoms with Gasteiger partial charge in [0.2, 0.25) is 0 Å². The van der Waals surface area contributed by atoms with Gasteiger partial charge in [-0.3, -0.25) is 9.78 Å². The van der Waals surface area contributed by atoms with E-state index in [2.05, 4.69) is 15.3 Å². The highest BCUT2D eigenvalue weighted by Crippen LogP contribution is 2.14. The Morgan fingerprint density at radius 3 is 2.61 bits per heavy atom. The van der Waals surface area contributed by atoms with Crippen LogP contribution < -0.4 is 5.32 Å². The van der Waals surface area contributed by atoms with Gasteiger partial charge in [-0.15, -0.1) is 0 Å². The summed E-state index contributed by atoms with van der Waals surface area (Å²) in [5, 5.41) is 21.1. The van der Waals surface area contributed by atoms with Gasteiger partial charge < -0.3 is 15.5 Å². The predicted octanol–water partition coefficient (Wildman–Crippen LogP) is 1.30. The Bertz CT molecular complexity index is 681. The number of carbonyl (C=O) groups excluding carboxylic acids is 1. The molecule has 8 heteroatoms. The van der Waals surface area contributed by atoms with Gasteiger partial charge in [-0.25, -0.2) is 9.78 Å². The van der Waals surface area contributed by atoms with Crippen molar-refractivity contribution in [2.45, 2.75) is 11.8 Å². The van der Waals surface area contributed by atoms with Crippen molar-refractivity contribution in [3.8, 4) is 5.75 Å². The summed E-state index contributed by atoms with van der Waals surface area (Å²) < 4.78 is 0. The fraction of sp³-hybridized carbons (Fsp3) is 0.200. The average molecular weight is 333 g/mol. The van der Waals surface area contributed by atoms with Crippen molar-refractivity contribution in [3.05, 3.63) is 54.1 Å². The third kappa shape index (κ3) is 4.96. The van der Waals surface area contributed by atoms with E-state index < -0.39 is 17.9 Å². The molecule has 7 nitrogen and oxygen atoms in total. The van der Waals surface area contributed by atoms with Crippen molar-refractivity contribution in [1.29, 1.82) is 0 Å². The molecule has 0 bridgehead atoms. The number of nitrogens with one attached hydrogen (secondary N) is 1. The maximum atomic E-state index is 12.0. The van der Waals surface area contributed by atoms with Crippen LogP contribution in [0, 0.1) is 0 Å². The number of aromatic hydroxyl groups is 1. The monoisotopic (exact) mass is 333 g/mol. The highest BCUT2D eigenvalue weighted by Gasteiger charge is 2.22. The minimum atomic E-state index is -1.15. The number of carboxylic acid groups (broad SMARTS) is 1. The van der Waals surface area contributed by atoms with E-state index in [-0.39, 0.29) is 17.2 Å². The first-order valence-electron chi connectivity index (χ1n) is 6.73. The van der Waals surface area contributed by atoms with Crippen LogP contribution in [0.2, 0.25) is 0 Å². The number of carboxylic acids is 1. The van der Waals surface area contributed by atoms with Crippen molar-refractivity contribution in [2.75, 3.05) is 5.75 Å². The molecule has 23 heavy (non-hydrogen) atoms. The topological polar surface area (TPSA) is 112 Å². The lowest BCUT2D eigenvalue weighted by molar-refractivity contribution is -0.138. The Labute approximate surface area is 136 Å². The quantitative estimate of drug-likeness (QED) is 0.700. The molecule has 2 aromatic heterocycles. The molecule has 0 spiro atoms. The molecule has 2 aromatic rings. The molecule has 2 rings (SSSR count). The van der Waals surface area contributed by atoms with E-state index in [1.54, 1.807) is 12.3 Å². The second kappa shape index (κ2) is 8.14. The van der Waals surface area contributed by atoms with Crippen molar-refractivity contribution in [2.24, 2.45) is 0 Å². The van der Waals surface area contributed by atoms with Crippen molar-refractivity contribution in [1.82, 2.24) is 15.3 Å². The van der Waals surface area contributed by atoms with E-state index in [4.69, 9.17) is 0 Å². The number of carbonyl (C=O) groups is 2. The summed E-state index contributed by atoms with van der Waals surface area (Å²) in [6.45, 7) is 0. The molecule has 0 aromatic carbocycles. The molecule has 3 N–H and O–H groups in total. The summed E-state index contributed by atoms with van der Waals surface area (Å²) in [6, 6.07) is 7.19. The Hall–Kier alpha value is -2.61. The standard InChI is InChI=1S/C15H15N3O4S/c19-12-5-3-7-17-13(12)14(20)18-11(15(21)22)9-23-8-10-4-1-2-6-16-10/h1-7,11,19H,8-9H2,(H,18,20)(H,21,22)/t11-/m0/s1. The lowest BCUT2D eigenvalue weighted by Gasteiger charge is -2.14. The molecular formula is C15H15N3O4S. The Morgan fingerprint density at radius 2 is 1.96 bits per heavy atom. The van der Waals surface area contributed by atoms with Gasteiger partial charge in [0.05, 0.1) is 5.69 Å². The summed E-state index contributed by atoms with van der Waals surface area (Å²) >= 11 is 1.34. The summed E-state index contributed by atoms with van der Waals surface area (Å²) in [5.41, 5.74) is 0.629. The van der Waals surface area contributed by atoms with Crippen LogP contribution in [0.4, 0.5) is 0 Å². The van der Waals surface area contributed by atoms with Gasteiger partial charge in [0.1, 0.15) is 11.8 Å². The molecule has 0 unspecified atom stereocenters. The molecule has 0 fully saturated rings. The number of amides is 1. The fourth-order valence-corrected chi connectivity index (χ4v) is 2.70. The van der Waals surface area contributed by atoms with Gasteiger partial charge in [-0.05, 0) is 24.3 Å². The molecular weight excluding hydrogens is 318 g/mol. The van der Waals surface area contributed by atoms with Crippen molar-refractivity contribution < 1.29 is 19.8 Å². The SMILES string of the molecule is O=C(N[C@@H](CSCc1ccccn1)C(=O)O)c1ncccc1O. The van der Waals surface area contributed by atoms with Gasteiger partial charge in [0.25, 0.3) is 5.91 Å². The number of aliphatic carboxylic acids is 1. The first-order valence-corrected chi connectivity index (χ1v) is 7.88. The lowest BCUT2D eigenvalue weighted by Crippen LogP contribution is -2.42. The molecule has 120 valence electrons. The number of rotatable bonds is 7. The van der Waals surface area contributed by atoms with E-state index >= 15 is 0 Å². The second-order valence-electron chi connectivity index (χ2n) is 4.57. The summed E-state index contributed by atoms with van der Waals surface area (Å²) in [5.74, 6) is -1.47. The normalized spacial score (nSPS) is 11.7. The highest BCUT2D eigenvalue weighted by atomic mass is 32.2. The average Bonchev–Trinajstić information content (AvgIpc) is 2.55. The van der Waals surface area contributed by atoms with Crippen LogP contribution in [-0.2, 0) is 10.5 Å². The molecule has 0 aliphatic rings. The number of pyridine rings is 2. The van der Waals surface area contributed by atoms with Crippen LogP contribution in [0.25, 0.3) is 0 Å². The maximum Gasteiger partial charge on any atom is 0.327 e. The van der Waals surface area contributed by atoms with Gasteiger partial charge >= 0.3 is 5.97 Å². The Morgan fingerprint density at radius 1 is 1.17 bits per heavy atom. The first-order chi connectivity index (χ1) is 11.1. The predicted molar refractivity (Wildman–Crippen MR) is 85.2 cm³/mol.